The maximum absolute atomic E-state index is 13.5. The molecule has 1 aliphatic rings. The third-order valence-corrected chi connectivity index (χ3v) is 6.22. The molecule has 2 atom stereocenters. The minimum Gasteiger partial charge on any atom is -0.322 e. The van der Waals surface area contributed by atoms with Crippen molar-refractivity contribution in [2.45, 2.75) is 12.1 Å². The van der Waals surface area contributed by atoms with E-state index in [0.717, 1.165) is 5.56 Å². The van der Waals surface area contributed by atoms with Gasteiger partial charge >= 0.3 is 0 Å². The summed E-state index contributed by atoms with van der Waals surface area (Å²) in [6.07, 6.45) is 0. The molecule has 1 N–H and O–H groups in total. The van der Waals surface area contributed by atoms with Gasteiger partial charge < -0.3 is 10.2 Å². The van der Waals surface area contributed by atoms with E-state index in [1.54, 1.807) is 53.4 Å². The van der Waals surface area contributed by atoms with E-state index < -0.39 is 16.9 Å². The lowest BCUT2D eigenvalue weighted by molar-refractivity contribution is -0.384. The van der Waals surface area contributed by atoms with E-state index in [0.29, 0.717) is 16.8 Å². The van der Waals surface area contributed by atoms with Gasteiger partial charge in [0.15, 0.2) is 5.78 Å². The van der Waals surface area contributed by atoms with Crippen LogP contribution in [0, 0.1) is 10.1 Å². The predicted molar refractivity (Wildman–Crippen MR) is 137 cm³/mol. The Morgan fingerprint density at radius 3 is 2.00 bits per heavy atom. The smallest absolute Gasteiger partial charge is 0.269 e. The topological polar surface area (TPSA) is 109 Å². The summed E-state index contributed by atoms with van der Waals surface area (Å²) in [7, 11) is 0. The van der Waals surface area contributed by atoms with E-state index in [-0.39, 0.29) is 29.0 Å². The second-order valence-corrected chi connectivity index (χ2v) is 8.58. The Kier molecular flexibility index (Phi) is 6.30. The molecule has 1 fully saturated rings. The van der Waals surface area contributed by atoms with Crippen LogP contribution in [0.25, 0.3) is 0 Å². The van der Waals surface area contributed by atoms with E-state index in [1.165, 1.54) is 24.3 Å². The van der Waals surface area contributed by atoms with Gasteiger partial charge in [-0.05, 0) is 35.9 Å². The van der Waals surface area contributed by atoms with Crippen LogP contribution in [-0.2, 0) is 0 Å². The lowest BCUT2D eigenvalue weighted by Crippen LogP contribution is -2.19. The quantitative estimate of drug-likeness (QED) is 0.163. The van der Waals surface area contributed by atoms with Crippen molar-refractivity contribution in [1.82, 2.24) is 4.90 Å². The molecular weight excluding hydrogens is 470 g/mol. The molecule has 0 aromatic heterocycles. The molecular formula is C29H21N3O5. The molecule has 0 aliphatic carbocycles. The second kappa shape index (κ2) is 9.87. The lowest BCUT2D eigenvalue weighted by atomic mass is 10.0. The summed E-state index contributed by atoms with van der Waals surface area (Å²) in [6, 6.07) is 29.0. The summed E-state index contributed by atoms with van der Waals surface area (Å²) in [6.45, 7) is 0. The Bertz CT molecular complexity index is 1490. The third-order valence-electron chi connectivity index (χ3n) is 6.22. The van der Waals surface area contributed by atoms with Gasteiger partial charge in [0.2, 0.25) is 0 Å². The zero-order valence-electron chi connectivity index (χ0n) is 19.5. The Morgan fingerprint density at radius 2 is 1.35 bits per heavy atom. The minimum absolute atomic E-state index is 0.116. The van der Waals surface area contributed by atoms with E-state index >= 15 is 0 Å². The molecule has 0 bridgehead atoms. The Hall–Kier alpha value is -5.11. The van der Waals surface area contributed by atoms with Crippen LogP contribution in [0.4, 0.5) is 11.4 Å². The standard InChI is InChI=1S/C29H21N3O5/c33-27(20-10-5-2-6-11-20)26-25(19-8-3-1-4-9-19)31(26)29(35)22-12-7-13-23(18-22)30-28(34)21-14-16-24(17-15-21)32(36)37/h1-18,25-26H,(H,30,34)/t25-,26-,31?/m1/s1. The van der Waals surface area contributed by atoms with Crippen LogP contribution < -0.4 is 5.32 Å². The number of nitro benzene ring substituents is 1. The van der Waals surface area contributed by atoms with Crippen molar-refractivity contribution in [3.05, 3.63) is 142 Å². The number of carbonyl (C=O) groups is 3. The molecule has 1 aliphatic heterocycles. The number of nitrogens with one attached hydrogen (secondary N) is 1. The van der Waals surface area contributed by atoms with Gasteiger partial charge in [0.05, 0.1) is 11.0 Å². The highest BCUT2D eigenvalue weighted by Gasteiger charge is 2.56. The SMILES string of the molecule is O=C(Nc1cccc(C(=O)N2[C@H](c3ccccc3)[C@@H]2C(=O)c2ccccc2)c1)c1ccc([N+](=O)[O-])cc1. The highest BCUT2D eigenvalue weighted by molar-refractivity contribution is 6.09. The number of rotatable bonds is 7. The monoisotopic (exact) mass is 491 g/mol. The largest absolute Gasteiger partial charge is 0.322 e. The first kappa shape index (κ1) is 23.6. The van der Waals surface area contributed by atoms with E-state index in [4.69, 9.17) is 0 Å². The van der Waals surface area contributed by atoms with Crippen molar-refractivity contribution in [2.24, 2.45) is 0 Å². The summed E-state index contributed by atoms with van der Waals surface area (Å²) < 4.78 is 0. The van der Waals surface area contributed by atoms with Gasteiger partial charge in [0, 0.05) is 34.5 Å². The molecule has 1 saturated heterocycles. The molecule has 182 valence electrons. The molecule has 8 nitrogen and oxygen atoms in total. The molecule has 8 heteroatoms. The van der Waals surface area contributed by atoms with Gasteiger partial charge in [0.25, 0.3) is 17.5 Å². The van der Waals surface area contributed by atoms with Gasteiger partial charge in [-0.25, -0.2) is 0 Å². The van der Waals surface area contributed by atoms with Crippen molar-refractivity contribution < 1.29 is 19.3 Å². The van der Waals surface area contributed by atoms with Crippen LogP contribution in [0.2, 0.25) is 0 Å². The fourth-order valence-corrected chi connectivity index (χ4v) is 4.34. The summed E-state index contributed by atoms with van der Waals surface area (Å²) in [5.74, 6) is -0.925. The second-order valence-electron chi connectivity index (χ2n) is 8.58. The summed E-state index contributed by atoms with van der Waals surface area (Å²) in [5, 5.41) is 13.6. The molecule has 4 aromatic carbocycles. The zero-order chi connectivity index (χ0) is 25.9. The number of Topliss-reactive ketones (excluding diaryl/α,β-unsaturated/α-hetero) is 1. The fraction of sp³-hybridized carbons (Fsp3) is 0.0690. The van der Waals surface area contributed by atoms with Crippen molar-refractivity contribution in [2.75, 3.05) is 5.32 Å². The Balaban J connectivity index is 1.37. The van der Waals surface area contributed by atoms with E-state index in [9.17, 15) is 24.5 Å². The molecule has 2 amide bonds. The average Bonchev–Trinajstić information content (AvgIpc) is 3.69. The number of carbonyl (C=O) groups excluding carboxylic acids is 3. The van der Waals surface area contributed by atoms with Crippen molar-refractivity contribution in [1.29, 1.82) is 0 Å². The number of non-ortho nitro benzene ring substituents is 1. The number of amides is 2. The summed E-state index contributed by atoms with van der Waals surface area (Å²) in [5.41, 5.74) is 2.24. The maximum atomic E-state index is 13.5. The van der Waals surface area contributed by atoms with Gasteiger partial charge in [-0.3, -0.25) is 24.5 Å². The number of nitrogens with zero attached hydrogens (tertiary/aromatic N) is 2. The average molecular weight is 492 g/mol. The minimum atomic E-state index is -0.629. The molecule has 37 heavy (non-hydrogen) atoms. The number of hydrogen-bond acceptors (Lipinski definition) is 5. The first-order chi connectivity index (χ1) is 17.9. The number of benzene rings is 4. The predicted octanol–water partition coefficient (Wildman–Crippen LogP) is 5.30. The van der Waals surface area contributed by atoms with Crippen LogP contribution in [0.3, 0.4) is 0 Å². The van der Waals surface area contributed by atoms with Gasteiger partial charge in [0.1, 0.15) is 6.04 Å². The van der Waals surface area contributed by atoms with Gasteiger partial charge in [-0.15, -0.1) is 0 Å². The van der Waals surface area contributed by atoms with Crippen LogP contribution in [0.5, 0.6) is 0 Å². The number of nitro groups is 1. The highest BCUT2D eigenvalue weighted by Crippen LogP contribution is 2.46. The molecule has 0 radical (unpaired) electrons. The zero-order valence-corrected chi connectivity index (χ0v) is 19.5. The molecule has 1 heterocycles. The molecule has 0 saturated carbocycles. The number of ketones is 1. The van der Waals surface area contributed by atoms with Crippen molar-refractivity contribution in [3.8, 4) is 0 Å². The molecule has 0 unspecified atom stereocenters. The molecule has 0 spiro atoms. The first-order valence-electron chi connectivity index (χ1n) is 11.6. The fourth-order valence-electron chi connectivity index (χ4n) is 4.34. The summed E-state index contributed by atoms with van der Waals surface area (Å²) >= 11 is 0. The number of anilines is 1. The van der Waals surface area contributed by atoms with Crippen LogP contribution >= 0.6 is 0 Å². The highest BCUT2D eigenvalue weighted by atomic mass is 16.6. The Morgan fingerprint density at radius 1 is 0.730 bits per heavy atom. The normalized spacial score (nSPS) is 16.1. The van der Waals surface area contributed by atoms with Gasteiger partial charge in [-0.2, -0.15) is 0 Å². The van der Waals surface area contributed by atoms with Crippen LogP contribution in [-0.4, -0.2) is 33.5 Å². The van der Waals surface area contributed by atoms with Crippen molar-refractivity contribution >= 4 is 29.0 Å². The van der Waals surface area contributed by atoms with E-state index in [2.05, 4.69) is 5.32 Å². The lowest BCUT2D eigenvalue weighted by Gasteiger charge is -2.09. The van der Waals surface area contributed by atoms with E-state index in [1.807, 2.05) is 36.4 Å². The maximum Gasteiger partial charge on any atom is 0.269 e. The summed E-state index contributed by atoms with van der Waals surface area (Å²) in [4.78, 5) is 51.3. The molecule has 5 rings (SSSR count). The van der Waals surface area contributed by atoms with Crippen molar-refractivity contribution in [3.63, 3.8) is 0 Å². The Labute approximate surface area is 212 Å². The first-order valence-corrected chi connectivity index (χ1v) is 11.6. The van der Waals surface area contributed by atoms with Gasteiger partial charge in [-0.1, -0.05) is 66.7 Å². The van der Waals surface area contributed by atoms with Crippen LogP contribution in [0.15, 0.2) is 109 Å². The van der Waals surface area contributed by atoms with Crippen LogP contribution in [0.1, 0.15) is 42.7 Å². The molecule has 4 aromatic rings. The number of hydrogen-bond donors (Lipinski definition) is 1. The third kappa shape index (κ3) is 4.85.